The molecule has 0 spiro atoms. The number of amides is 6. The molecule has 0 fully saturated rings. The minimum atomic E-state index is -1.25. The number of fused-ring (bicyclic) bond motifs is 2. The van der Waals surface area contributed by atoms with Crippen LogP contribution in [0.2, 0.25) is 0 Å². The molecule has 0 aliphatic rings. The van der Waals surface area contributed by atoms with Crippen molar-refractivity contribution in [2.75, 3.05) is 6.54 Å². The lowest BCUT2D eigenvalue weighted by molar-refractivity contribution is -0.134. The summed E-state index contributed by atoms with van der Waals surface area (Å²) in [6.45, 7) is 1.87. The predicted molar refractivity (Wildman–Crippen MR) is 242 cm³/mol. The predicted octanol–water partition coefficient (Wildman–Crippen LogP) is 1.03. The van der Waals surface area contributed by atoms with Gasteiger partial charge in [0, 0.05) is 71.8 Å². The summed E-state index contributed by atoms with van der Waals surface area (Å²) in [5.74, 6) is -4.02. The average Bonchev–Trinajstić information content (AvgIpc) is 4.06. The third-order valence-corrected chi connectivity index (χ3v) is 11.1. The summed E-state index contributed by atoms with van der Waals surface area (Å²) in [4.78, 5) is 95.6. The summed E-state index contributed by atoms with van der Waals surface area (Å²) in [5.41, 5.74) is 22.0. The zero-order valence-electron chi connectivity index (χ0n) is 35.6. The van der Waals surface area contributed by atoms with Gasteiger partial charge in [0.25, 0.3) is 0 Å². The van der Waals surface area contributed by atoms with Crippen molar-refractivity contribution in [1.82, 2.24) is 46.5 Å². The molecule has 64 heavy (non-hydrogen) atoms. The quantitative estimate of drug-likeness (QED) is 0.0409. The Balaban J connectivity index is 1.22. The average molecular weight is 873 g/mol. The van der Waals surface area contributed by atoms with Crippen molar-refractivity contribution >= 4 is 57.2 Å². The van der Waals surface area contributed by atoms with Crippen molar-refractivity contribution in [3.63, 3.8) is 0 Å². The van der Waals surface area contributed by atoms with E-state index in [0.29, 0.717) is 30.6 Å². The summed E-state index contributed by atoms with van der Waals surface area (Å²) in [6.07, 6.45) is 8.21. The Bertz CT molecular complexity index is 2520. The number of hydrogen-bond donors (Lipinski definition) is 11. The number of nitrogens with two attached hydrogens (primary N) is 3. The third kappa shape index (κ3) is 12.4. The summed E-state index contributed by atoms with van der Waals surface area (Å²) in [7, 11) is 0. The second-order valence-electron chi connectivity index (χ2n) is 15.9. The van der Waals surface area contributed by atoms with Crippen molar-refractivity contribution < 1.29 is 28.8 Å². The van der Waals surface area contributed by atoms with Crippen molar-refractivity contribution in [2.45, 2.75) is 88.1 Å². The first kappa shape index (κ1) is 46.2. The lowest BCUT2D eigenvalue weighted by Crippen LogP contribution is -2.59. The number of rotatable bonds is 23. The molecule has 6 aromatic rings. The van der Waals surface area contributed by atoms with E-state index in [2.05, 4.69) is 46.5 Å². The normalized spacial score (nSPS) is 14.1. The first-order chi connectivity index (χ1) is 30.9. The molecule has 0 radical (unpaired) electrons. The fourth-order valence-electron chi connectivity index (χ4n) is 7.52. The molecule has 6 atom stereocenters. The largest absolute Gasteiger partial charge is 0.368 e. The monoisotopic (exact) mass is 872 g/mol. The van der Waals surface area contributed by atoms with Crippen molar-refractivity contribution in [1.29, 1.82) is 0 Å². The maximum absolute atomic E-state index is 14.4. The lowest BCUT2D eigenvalue weighted by Gasteiger charge is -2.26. The fourth-order valence-corrected chi connectivity index (χ4v) is 7.52. The van der Waals surface area contributed by atoms with Gasteiger partial charge in [-0.05, 0) is 61.6 Å². The van der Waals surface area contributed by atoms with Gasteiger partial charge >= 0.3 is 0 Å². The zero-order valence-corrected chi connectivity index (χ0v) is 35.6. The van der Waals surface area contributed by atoms with Crippen LogP contribution in [0.15, 0.2) is 104 Å². The number of primary amides is 1. The van der Waals surface area contributed by atoms with E-state index in [4.69, 9.17) is 17.2 Å². The van der Waals surface area contributed by atoms with Gasteiger partial charge in [-0.1, -0.05) is 66.7 Å². The molecule has 6 rings (SSSR count). The molecule has 6 amide bonds. The number of carbonyl (C=O) groups is 6. The first-order valence-corrected chi connectivity index (χ1v) is 21.3. The van der Waals surface area contributed by atoms with E-state index in [1.54, 1.807) is 42.9 Å². The number of aromatic nitrogens is 4. The van der Waals surface area contributed by atoms with Gasteiger partial charge in [0.1, 0.15) is 30.2 Å². The number of nitrogens with zero attached hydrogens (tertiary/aromatic N) is 1. The van der Waals surface area contributed by atoms with Crippen LogP contribution < -0.4 is 43.8 Å². The standard InChI is InChI=1S/C46H56N12O6/c1-27(54-44(62)39(20-29-23-51-35-15-7-5-13-32(29)35)57-43(61)34(48)22-31-25-50-26-53-31)42(60)56-40(21-30-24-52-36-16-8-6-14-33(30)36)46(64)58-38(19-28-11-3-2-4-12-28)45(63)55-37(41(49)59)17-9-10-18-47/h2-8,11-16,23-27,34,37-40,51-52H,9-10,17-22,47-48H2,1H3,(H2,49,59)(H,50,53)(H,54,62)(H,55,63)(H,56,60)(H,57,61)(H,58,64)/t27-,34-,37-,38-,39+,40-/m0/s1. The summed E-state index contributed by atoms with van der Waals surface area (Å²) < 4.78 is 0. The SMILES string of the molecule is C[C@H](NC(=O)[C@@H](Cc1c[nH]c2ccccc12)NC(=O)[C@@H](N)Cc1cnc[nH]1)C(=O)N[C@@H](Cc1c[nH]c2ccccc12)C(=O)N[C@@H](Cc1ccccc1)C(=O)N[C@@H](CCCCN)C(N)=O. The number of imidazole rings is 1. The van der Waals surface area contributed by atoms with Gasteiger partial charge < -0.3 is 58.7 Å². The molecule has 18 heteroatoms. The highest BCUT2D eigenvalue weighted by molar-refractivity contribution is 5.97. The van der Waals surface area contributed by atoms with Crippen molar-refractivity contribution in [3.8, 4) is 0 Å². The van der Waals surface area contributed by atoms with E-state index in [9.17, 15) is 28.8 Å². The molecule has 3 aromatic carbocycles. The first-order valence-electron chi connectivity index (χ1n) is 21.3. The van der Waals surface area contributed by atoms with Crippen LogP contribution in [-0.4, -0.2) is 98.2 Å². The Morgan fingerprint density at radius 1 is 0.594 bits per heavy atom. The minimum absolute atomic E-state index is 0.00159. The number of hydrogen-bond acceptors (Lipinski definition) is 9. The number of carbonyl (C=O) groups excluding carboxylic acids is 6. The van der Waals surface area contributed by atoms with Gasteiger partial charge in [0.05, 0.1) is 12.4 Å². The highest BCUT2D eigenvalue weighted by atomic mass is 16.2. The third-order valence-electron chi connectivity index (χ3n) is 11.1. The Hall–Kier alpha value is -7.31. The van der Waals surface area contributed by atoms with E-state index in [-0.39, 0.29) is 32.1 Å². The molecule has 336 valence electrons. The highest BCUT2D eigenvalue weighted by Gasteiger charge is 2.33. The molecule has 0 bridgehead atoms. The summed E-state index contributed by atoms with van der Waals surface area (Å²) in [5, 5.41) is 15.5. The Morgan fingerprint density at radius 3 is 1.67 bits per heavy atom. The Kier molecular flexibility index (Phi) is 16.0. The molecule has 0 unspecified atom stereocenters. The fraction of sp³-hybridized carbons (Fsp3) is 0.326. The van der Waals surface area contributed by atoms with Gasteiger partial charge in [0.15, 0.2) is 0 Å². The maximum Gasteiger partial charge on any atom is 0.243 e. The van der Waals surface area contributed by atoms with Crippen LogP contribution in [0, 0.1) is 0 Å². The number of benzene rings is 3. The maximum atomic E-state index is 14.4. The number of para-hydroxylation sites is 2. The van der Waals surface area contributed by atoms with Crippen LogP contribution in [-0.2, 0) is 54.5 Å². The van der Waals surface area contributed by atoms with Crippen molar-refractivity contribution in [3.05, 3.63) is 126 Å². The second-order valence-corrected chi connectivity index (χ2v) is 15.9. The van der Waals surface area contributed by atoms with Gasteiger partial charge in [-0.25, -0.2) is 4.98 Å². The van der Waals surface area contributed by atoms with E-state index in [1.807, 2.05) is 54.6 Å². The molecule has 18 nitrogen and oxygen atoms in total. The summed E-state index contributed by atoms with van der Waals surface area (Å²) >= 11 is 0. The van der Waals surface area contributed by atoms with Gasteiger partial charge in [-0.15, -0.1) is 0 Å². The molecule has 3 heterocycles. The van der Waals surface area contributed by atoms with Gasteiger partial charge in [0.2, 0.25) is 35.4 Å². The zero-order chi connectivity index (χ0) is 45.6. The minimum Gasteiger partial charge on any atom is -0.368 e. The van der Waals surface area contributed by atoms with Gasteiger partial charge in [-0.3, -0.25) is 28.8 Å². The number of nitrogens with one attached hydrogen (secondary N) is 8. The van der Waals surface area contributed by atoms with E-state index in [1.165, 1.54) is 13.3 Å². The van der Waals surface area contributed by atoms with E-state index in [0.717, 1.165) is 32.9 Å². The smallest absolute Gasteiger partial charge is 0.243 e. The number of H-pyrrole nitrogens is 3. The van der Waals surface area contributed by atoms with Crippen LogP contribution in [0.4, 0.5) is 0 Å². The second kappa shape index (κ2) is 22.2. The highest BCUT2D eigenvalue weighted by Crippen LogP contribution is 2.21. The van der Waals surface area contributed by atoms with Crippen LogP contribution in [0.25, 0.3) is 21.8 Å². The van der Waals surface area contributed by atoms with E-state index >= 15 is 0 Å². The van der Waals surface area contributed by atoms with Crippen molar-refractivity contribution in [2.24, 2.45) is 17.2 Å². The molecule has 0 aliphatic heterocycles. The van der Waals surface area contributed by atoms with Gasteiger partial charge in [-0.2, -0.15) is 0 Å². The molecule has 0 saturated heterocycles. The Morgan fingerprint density at radius 2 is 1.11 bits per heavy atom. The molecule has 0 aliphatic carbocycles. The molecule has 0 saturated carbocycles. The van der Waals surface area contributed by atoms with Crippen LogP contribution in [0.3, 0.4) is 0 Å². The lowest BCUT2D eigenvalue weighted by atomic mass is 10.0. The van der Waals surface area contributed by atoms with Crippen LogP contribution >= 0.6 is 0 Å². The molecular formula is C46H56N12O6. The van der Waals surface area contributed by atoms with E-state index < -0.39 is 71.7 Å². The molecular weight excluding hydrogens is 817 g/mol. The summed E-state index contributed by atoms with van der Waals surface area (Å²) in [6, 6.07) is 17.2. The van der Waals surface area contributed by atoms with Crippen LogP contribution in [0.1, 0.15) is 48.6 Å². The Labute approximate surface area is 369 Å². The number of unbranched alkanes of at least 4 members (excludes halogenated alkanes) is 1. The number of aromatic amines is 3. The van der Waals surface area contributed by atoms with Crippen LogP contribution in [0.5, 0.6) is 0 Å². The molecule has 3 aromatic heterocycles. The topological polar surface area (TPSA) is 301 Å². The molecule has 14 N–H and O–H groups in total.